The molecule has 0 aliphatic carbocycles. The van der Waals surface area contributed by atoms with Gasteiger partial charge in [0.25, 0.3) is 0 Å². The van der Waals surface area contributed by atoms with E-state index in [0.29, 0.717) is 12.3 Å². The lowest BCUT2D eigenvalue weighted by Gasteiger charge is -1.96. The lowest BCUT2D eigenvalue weighted by atomic mass is 10.1. The van der Waals surface area contributed by atoms with Crippen LogP contribution in [0, 0.1) is 0 Å². The number of nitrogens with zero attached hydrogens (tertiary/aromatic N) is 2. The topological polar surface area (TPSA) is 85.2 Å². The minimum Gasteiger partial charge on any atom is -0.508 e. The van der Waals surface area contributed by atoms with Crippen LogP contribution in [0.2, 0.25) is 0 Å². The molecule has 0 amide bonds. The molecule has 0 radical (unpaired) electrons. The van der Waals surface area contributed by atoms with E-state index in [1.807, 2.05) is 6.07 Å². The van der Waals surface area contributed by atoms with E-state index in [1.54, 1.807) is 18.2 Å². The number of hydrogen-bond donors (Lipinski definition) is 2. The second-order valence-electron chi connectivity index (χ2n) is 2.88. The van der Waals surface area contributed by atoms with Crippen LogP contribution in [0.3, 0.4) is 0 Å². The zero-order valence-corrected chi connectivity index (χ0v) is 7.34. The van der Waals surface area contributed by atoms with Crippen molar-refractivity contribution in [2.24, 2.45) is 0 Å². The van der Waals surface area contributed by atoms with Gasteiger partial charge in [0.15, 0.2) is 0 Å². The van der Waals surface area contributed by atoms with Gasteiger partial charge < -0.3 is 15.3 Å². The van der Waals surface area contributed by atoms with Crippen LogP contribution in [0.25, 0.3) is 0 Å². The molecule has 0 unspecified atom stereocenters. The van der Waals surface area contributed by atoms with E-state index in [1.165, 1.54) is 0 Å². The van der Waals surface area contributed by atoms with E-state index in [4.69, 9.17) is 10.2 Å². The number of nitrogens with two attached hydrogens (primary N) is 1. The van der Waals surface area contributed by atoms with Crippen molar-refractivity contribution < 1.29 is 9.52 Å². The molecule has 0 fully saturated rings. The highest BCUT2D eigenvalue weighted by molar-refractivity contribution is 5.28. The van der Waals surface area contributed by atoms with Crippen LogP contribution in [0.4, 0.5) is 6.01 Å². The van der Waals surface area contributed by atoms with Gasteiger partial charge in [-0.05, 0) is 17.7 Å². The summed E-state index contributed by atoms with van der Waals surface area (Å²) in [5.74, 6) is 0.656. The first-order valence-corrected chi connectivity index (χ1v) is 4.10. The molecule has 2 aromatic rings. The lowest BCUT2D eigenvalue weighted by Crippen LogP contribution is -1.87. The summed E-state index contributed by atoms with van der Waals surface area (Å²) in [4.78, 5) is 0. The van der Waals surface area contributed by atoms with E-state index in [9.17, 15) is 5.11 Å². The Balaban J connectivity index is 2.18. The number of aromatic hydroxyl groups is 1. The van der Waals surface area contributed by atoms with E-state index in [-0.39, 0.29) is 11.8 Å². The van der Waals surface area contributed by atoms with Gasteiger partial charge in [-0.15, -0.1) is 5.10 Å². The maximum atomic E-state index is 9.20. The fourth-order valence-electron chi connectivity index (χ4n) is 1.18. The molecule has 14 heavy (non-hydrogen) atoms. The van der Waals surface area contributed by atoms with E-state index >= 15 is 0 Å². The molecule has 1 heterocycles. The summed E-state index contributed by atoms with van der Waals surface area (Å²) in [6, 6.07) is 6.91. The Morgan fingerprint density at radius 2 is 2.21 bits per heavy atom. The van der Waals surface area contributed by atoms with Gasteiger partial charge in [-0.25, -0.2) is 0 Å². The number of rotatable bonds is 2. The third-order valence-corrected chi connectivity index (χ3v) is 1.75. The fourth-order valence-corrected chi connectivity index (χ4v) is 1.18. The Bertz CT molecular complexity index is 439. The lowest BCUT2D eigenvalue weighted by molar-refractivity contribution is 0.474. The van der Waals surface area contributed by atoms with Crippen LogP contribution in [-0.2, 0) is 6.42 Å². The van der Waals surface area contributed by atoms with Crippen molar-refractivity contribution in [2.45, 2.75) is 6.42 Å². The minimum absolute atomic E-state index is 0.0557. The van der Waals surface area contributed by atoms with Crippen LogP contribution < -0.4 is 5.73 Å². The highest BCUT2D eigenvalue weighted by Crippen LogP contribution is 2.14. The molecular weight excluding hydrogens is 182 g/mol. The third-order valence-electron chi connectivity index (χ3n) is 1.75. The Kier molecular flexibility index (Phi) is 2.06. The molecule has 2 rings (SSSR count). The van der Waals surface area contributed by atoms with Crippen molar-refractivity contribution in [2.75, 3.05) is 5.73 Å². The van der Waals surface area contributed by atoms with Gasteiger partial charge in [-0.3, -0.25) is 0 Å². The molecule has 5 heteroatoms. The number of aromatic nitrogens is 2. The van der Waals surface area contributed by atoms with E-state index in [2.05, 4.69) is 10.2 Å². The van der Waals surface area contributed by atoms with Crippen molar-refractivity contribution in [3.05, 3.63) is 35.7 Å². The summed E-state index contributed by atoms with van der Waals surface area (Å²) < 4.78 is 5.00. The number of nitrogen functional groups attached to an aromatic ring is 1. The molecule has 0 aliphatic heterocycles. The van der Waals surface area contributed by atoms with Crippen molar-refractivity contribution >= 4 is 6.01 Å². The summed E-state index contributed by atoms with van der Waals surface area (Å²) in [7, 11) is 0. The van der Waals surface area contributed by atoms with Gasteiger partial charge in [0, 0.05) is 0 Å². The molecule has 0 spiro atoms. The summed E-state index contributed by atoms with van der Waals surface area (Å²) >= 11 is 0. The maximum absolute atomic E-state index is 9.20. The number of benzene rings is 1. The summed E-state index contributed by atoms with van der Waals surface area (Å²) in [5, 5.41) is 16.5. The minimum atomic E-state index is 0.0557. The van der Waals surface area contributed by atoms with Gasteiger partial charge in [0.05, 0.1) is 6.42 Å². The van der Waals surface area contributed by atoms with Gasteiger partial charge in [0.2, 0.25) is 5.89 Å². The molecule has 3 N–H and O–H groups in total. The molecule has 1 aromatic heterocycles. The predicted octanol–water partition coefficient (Wildman–Crippen LogP) is 0.948. The normalized spacial score (nSPS) is 10.3. The maximum Gasteiger partial charge on any atom is 0.312 e. The summed E-state index contributed by atoms with van der Waals surface area (Å²) in [6.45, 7) is 0. The zero-order valence-electron chi connectivity index (χ0n) is 7.34. The molecule has 72 valence electrons. The average molecular weight is 191 g/mol. The highest BCUT2D eigenvalue weighted by Gasteiger charge is 2.04. The van der Waals surface area contributed by atoms with Crippen LogP contribution in [0.15, 0.2) is 28.7 Å². The van der Waals surface area contributed by atoms with Crippen molar-refractivity contribution in [1.82, 2.24) is 10.2 Å². The van der Waals surface area contributed by atoms with Gasteiger partial charge in [-0.2, -0.15) is 0 Å². The van der Waals surface area contributed by atoms with Crippen LogP contribution >= 0.6 is 0 Å². The van der Waals surface area contributed by atoms with Gasteiger partial charge >= 0.3 is 6.01 Å². The zero-order chi connectivity index (χ0) is 9.97. The molecule has 0 aliphatic rings. The van der Waals surface area contributed by atoms with Crippen molar-refractivity contribution in [3.8, 4) is 5.75 Å². The smallest absolute Gasteiger partial charge is 0.312 e. The Hall–Kier alpha value is -2.04. The molecular formula is C9H9N3O2. The van der Waals surface area contributed by atoms with Gasteiger partial charge in [-0.1, -0.05) is 17.2 Å². The molecule has 0 saturated heterocycles. The first-order chi connectivity index (χ1) is 6.74. The fraction of sp³-hybridized carbons (Fsp3) is 0.111. The standard InChI is InChI=1S/C9H9N3O2/c10-9-12-11-8(14-9)5-6-2-1-3-7(13)4-6/h1-4,13H,5H2,(H2,10,12). The molecule has 0 atom stereocenters. The number of phenolic OH excluding ortho intramolecular Hbond substituents is 1. The summed E-state index contributed by atoms with van der Waals surface area (Å²) in [6.07, 6.45) is 0.471. The molecule has 0 bridgehead atoms. The summed E-state index contributed by atoms with van der Waals surface area (Å²) in [5.41, 5.74) is 6.17. The average Bonchev–Trinajstić information content (AvgIpc) is 2.51. The van der Waals surface area contributed by atoms with E-state index in [0.717, 1.165) is 5.56 Å². The molecule has 1 aromatic carbocycles. The second-order valence-corrected chi connectivity index (χ2v) is 2.88. The Labute approximate surface area is 80.2 Å². The number of phenols is 1. The Morgan fingerprint density at radius 3 is 2.86 bits per heavy atom. The SMILES string of the molecule is Nc1nnc(Cc2cccc(O)c2)o1. The molecule has 5 nitrogen and oxygen atoms in total. The Morgan fingerprint density at radius 1 is 1.36 bits per heavy atom. The van der Waals surface area contributed by atoms with Crippen LogP contribution in [0.1, 0.15) is 11.5 Å². The first kappa shape index (κ1) is 8.55. The second kappa shape index (κ2) is 3.37. The third kappa shape index (κ3) is 1.82. The predicted molar refractivity (Wildman–Crippen MR) is 49.6 cm³/mol. The van der Waals surface area contributed by atoms with Gasteiger partial charge in [0.1, 0.15) is 5.75 Å². The largest absolute Gasteiger partial charge is 0.508 e. The van der Waals surface area contributed by atoms with Crippen molar-refractivity contribution in [1.29, 1.82) is 0 Å². The van der Waals surface area contributed by atoms with Crippen LogP contribution in [-0.4, -0.2) is 15.3 Å². The van der Waals surface area contributed by atoms with E-state index < -0.39 is 0 Å². The number of hydrogen-bond acceptors (Lipinski definition) is 5. The highest BCUT2D eigenvalue weighted by atomic mass is 16.4. The molecule has 0 saturated carbocycles. The first-order valence-electron chi connectivity index (χ1n) is 4.10. The number of anilines is 1. The van der Waals surface area contributed by atoms with Crippen LogP contribution in [0.5, 0.6) is 5.75 Å². The quantitative estimate of drug-likeness (QED) is 0.738. The monoisotopic (exact) mass is 191 g/mol. The van der Waals surface area contributed by atoms with Crippen molar-refractivity contribution in [3.63, 3.8) is 0 Å².